The number of nitrogens with zero attached hydrogens (tertiary/aromatic N) is 1. The summed E-state index contributed by atoms with van der Waals surface area (Å²) in [5, 5.41) is 3.35. The van der Waals surface area contributed by atoms with Crippen LogP contribution in [0.4, 0.5) is 0 Å². The van der Waals surface area contributed by atoms with Gasteiger partial charge >= 0.3 is 0 Å². The summed E-state index contributed by atoms with van der Waals surface area (Å²) in [6.07, 6.45) is 1.28. The van der Waals surface area contributed by atoms with E-state index in [1.807, 2.05) is 0 Å². The summed E-state index contributed by atoms with van der Waals surface area (Å²) in [7, 11) is 0. The van der Waals surface area contributed by atoms with Crippen LogP contribution in [0.25, 0.3) is 0 Å². The molecule has 1 unspecified atom stereocenters. The number of hydrogen-bond donors (Lipinski definition) is 1. The van der Waals surface area contributed by atoms with Gasteiger partial charge in [-0.3, -0.25) is 0 Å². The molecule has 0 bridgehead atoms. The van der Waals surface area contributed by atoms with Crippen LogP contribution in [-0.4, -0.2) is 50.8 Å². The minimum absolute atomic E-state index is 0.756. The van der Waals surface area contributed by atoms with Crippen molar-refractivity contribution >= 4 is 0 Å². The van der Waals surface area contributed by atoms with Crippen molar-refractivity contribution in [2.24, 2.45) is 5.92 Å². The fraction of sp³-hybridized carbons (Fsp3) is 1.00. The van der Waals surface area contributed by atoms with Gasteiger partial charge in [-0.1, -0.05) is 13.8 Å². The van der Waals surface area contributed by atoms with Crippen LogP contribution in [0, 0.1) is 5.92 Å². The minimum Gasteiger partial charge on any atom is -0.380 e. The Morgan fingerprint density at radius 1 is 1.36 bits per heavy atom. The van der Waals surface area contributed by atoms with Crippen LogP contribution < -0.4 is 5.32 Å². The van der Waals surface area contributed by atoms with Gasteiger partial charge in [0, 0.05) is 13.1 Å². The Morgan fingerprint density at radius 2 is 2.14 bits per heavy atom. The molecule has 1 aliphatic heterocycles. The molecular weight excluding hydrogens is 176 g/mol. The molecular formula is C11H24N2O. The van der Waals surface area contributed by atoms with E-state index in [1.54, 1.807) is 0 Å². The molecule has 1 saturated heterocycles. The summed E-state index contributed by atoms with van der Waals surface area (Å²) in [5.41, 5.74) is 0. The molecule has 0 aromatic carbocycles. The van der Waals surface area contributed by atoms with Crippen molar-refractivity contribution < 1.29 is 4.74 Å². The molecule has 1 aliphatic rings. The Labute approximate surface area is 87.8 Å². The molecule has 0 amide bonds. The van der Waals surface area contributed by atoms with Crippen LogP contribution in [0.15, 0.2) is 0 Å². The number of hydrogen-bond acceptors (Lipinski definition) is 3. The maximum Gasteiger partial charge on any atom is 0.0593 e. The molecule has 0 aliphatic carbocycles. The smallest absolute Gasteiger partial charge is 0.0593 e. The van der Waals surface area contributed by atoms with Crippen LogP contribution >= 0.6 is 0 Å². The third-order valence-corrected chi connectivity index (χ3v) is 2.96. The van der Waals surface area contributed by atoms with Crippen LogP contribution in [0.2, 0.25) is 0 Å². The number of likely N-dealkylation sites (N-methyl/N-ethyl adjacent to an activating group) is 1. The van der Waals surface area contributed by atoms with E-state index in [1.165, 1.54) is 13.0 Å². The first-order valence-corrected chi connectivity index (χ1v) is 5.87. The predicted molar refractivity (Wildman–Crippen MR) is 59.6 cm³/mol. The fourth-order valence-corrected chi connectivity index (χ4v) is 1.84. The lowest BCUT2D eigenvalue weighted by molar-refractivity contribution is 0.0843. The Kier molecular flexibility index (Phi) is 6.15. The van der Waals surface area contributed by atoms with E-state index in [0.29, 0.717) is 0 Å². The van der Waals surface area contributed by atoms with Gasteiger partial charge in [-0.15, -0.1) is 0 Å². The van der Waals surface area contributed by atoms with Gasteiger partial charge in [-0.25, -0.2) is 0 Å². The van der Waals surface area contributed by atoms with Gasteiger partial charge in [0.1, 0.15) is 0 Å². The van der Waals surface area contributed by atoms with Gasteiger partial charge in [-0.2, -0.15) is 0 Å². The first-order chi connectivity index (χ1) is 6.86. The first kappa shape index (κ1) is 12.0. The standard InChI is InChI=1S/C11H24N2O/c1-3-13(4-2)7-8-14-10-11-5-6-12-9-11/h11-12H,3-10H2,1-2H3. The Bertz CT molecular complexity index is 127. The minimum atomic E-state index is 0.756. The second-order valence-electron chi connectivity index (χ2n) is 3.96. The zero-order valence-corrected chi connectivity index (χ0v) is 9.59. The van der Waals surface area contributed by atoms with Crippen molar-refractivity contribution in [1.29, 1.82) is 0 Å². The largest absolute Gasteiger partial charge is 0.380 e. The third kappa shape index (κ3) is 4.40. The van der Waals surface area contributed by atoms with Crippen LogP contribution in [-0.2, 0) is 4.74 Å². The SMILES string of the molecule is CCN(CC)CCOCC1CCNC1. The van der Waals surface area contributed by atoms with E-state index >= 15 is 0 Å². The maximum absolute atomic E-state index is 5.67. The second kappa shape index (κ2) is 7.21. The number of nitrogens with one attached hydrogen (secondary N) is 1. The molecule has 3 heteroatoms. The summed E-state index contributed by atoms with van der Waals surface area (Å²) in [6.45, 7) is 11.9. The van der Waals surface area contributed by atoms with Gasteiger partial charge in [0.05, 0.1) is 13.2 Å². The Hall–Kier alpha value is -0.120. The topological polar surface area (TPSA) is 24.5 Å². The Balaban J connectivity index is 1.92. The zero-order valence-electron chi connectivity index (χ0n) is 9.59. The quantitative estimate of drug-likeness (QED) is 0.619. The molecule has 0 saturated carbocycles. The van der Waals surface area contributed by atoms with E-state index in [2.05, 4.69) is 24.1 Å². The lowest BCUT2D eigenvalue weighted by Gasteiger charge is -2.18. The molecule has 0 radical (unpaired) electrons. The highest BCUT2D eigenvalue weighted by Crippen LogP contribution is 2.07. The van der Waals surface area contributed by atoms with Crippen molar-refractivity contribution in [2.45, 2.75) is 20.3 Å². The van der Waals surface area contributed by atoms with E-state index in [9.17, 15) is 0 Å². The van der Waals surface area contributed by atoms with E-state index in [0.717, 1.165) is 45.3 Å². The maximum atomic E-state index is 5.67. The van der Waals surface area contributed by atoms with Crippen molar-refractivity contribution in [2.75, 3.05) is 45.9 Å². The molecule has 0 aromatic rings. The van der Waals surface area contributed by atoms with E-state index < -0.39 is 0 Å². The number of rotatable bonds is 7. The van der Waals surface area contributed by atoms with Crippen molar-refractivity contribution in [3.05, 3.63) is 0 Å². The molecule has 14 heavy (non-hydrogen) atoms. The summed E-state index contributed by atoms with van der Waals surface area (Å²) >= 11 is 0. The lowest BCUT2D eigenvalue weighted by atomic mass is 10.1. The van der Waals surface area contributed by atoms with Gasteiger partial charge in [0.2, 0.25) is 0 Å². The summed E-state index contributed by atoms with van der Waals surface area (Å²) < 4.78 is 5.67. The first-order valence-electron chi connectivity index (χ1n) is 5.87. The van der Waals surface area contributed by atoms with Crippen molar-refractivity contribution in [3.63, 3.8) is 0 Å². The average Bonchev–Trinajstić information content (AvgIpc) is 2.71. The van der Waals surface area contributed by atoms with Gasteiger partial charge in [0.25, 0.3) is 0 Å². The van der Waals surface area contributed by atoms with Crippen LogP contribution in [0.1, 0.15) is 20.3 Å². The molecule has 84 valence electrons. The van der Waals surface area contributed by atoms with Gasteiger partial charge < -0.3 is 15.0 Å². The average molecular weight is 200 g/mol. The highest BCUT2D eigenvalue weighted by molar-refractivity contribution is 4.70. The summed E-state index contributed by atoms with van der Waals surface area (Å²) in [6, 6.07) is 0. The molecule has 3 nitrogen and oxygen atoms in total. The van der Waals surface area contributed by atoms with Crippen molar-refractivity contribution in [3.8, 4) is 0 Å². The van der Waals surface area contributed by atoms with Crippen LogP contribution in [0.3, 0.4) is 0 Å². The molecule has 1 fully saturated rings. The predicted octanol–water partition coefficient (Wildman–Crippen LogP) is 0.954. The van der Waals surface area contributed by atoms with Gasteiger partial charge in [0.15, 0.2) is 0 Å². The van der Waals surface area contributed by atoms with E-state index in [-0.39, 0.29) is 0 Å². The highest BCUT2D eigenvalue weighted by Gasteiger charge is 2.13. The molecule has 1 heterocycles. The molecule has 1 N–H and O–H groups in total. The normalized spacial score (nSPS) is 22.1. The Morgan fingerprint density at radius 3 is 2.71 bits per heavy atom. The number of ether oxygens (including phenoxy) is 1. The van der Waals surface area contributed by atoms with Gasteiger partial charge in [-0.05, 0) is 32.0 Å². The zero-order chi connectivity index (χ0) is 10.2. The van der Waals surface area contributed by atoms with E-state index in [4.69, 9.17) is 4.74 Å². The lowest BCUT2D eigenvalue weighted by Crippen LogP contribution is -2.27. The summed E-state index contributed by atoms with van der Waals surface area (Å²) in [5.74, 6) is 0.756. The monoisotopic (exact) mass is 200 g/mol. The molecule has 1 atom stereocenters. The second-order valence-corrected chi connectivity index (χ2v) is 3.96. The van der Waals surface area contributed by atoms with Crippen molar-refractivity contribution in [1.82, 2.24) is 10.2 Å². The molecule has 0 aromatic heterocycles. The van der Waals surface area contributed by atoms with Crippen LogP contribution in [0.5, 0.6) is 0 Å². The molecule has 1 rings (SSSR count). The highest BCUT2D eigenvalue weighted by atomic mass is 16.5. The fourth-order valence-electron chi connectivity index (χ4n) is 1.84. The third-order valence-electron chi connectivity index (χ3n) is 2.96. The summed E-state index contributed by atoms with van der Waals surface area (Å²) in [4.78, 5) is 2.40. The molecule has 0 spiro atoms.